The second kappa shape index (κ2) is 4.58. The number of nitrogens with zero attached hydrogens (tertiary/aromatic N) is 1. The van der Waals surface area contributed by atoms with E-state index in [4.69, 9.17) is 10.8 Å². The average molecular weight is 226 g/mol. The van der Waals surface area contributed by atoms with Crippen molar-refractivity contribution in [2.24, 2.45) is 5.73 Å². The Bertz CT molecular complexity index is 432. The topological polar surface area (TPSA) is 127 Å². The van der Waals surface area contributed by atoms with E-state index in [0.717, 1.165) is 12.1 Å². The van der Waals surface area contributed by atoms with Gasteiger partial charge in [0.05, 0.1) is 11.3 Å². The van der Waals surface area contributed by atoms with Gasteiger partial charge in [0.25, 0.3) is 0 Å². The number of benzene rings is 1. The fraction of sp³-hybridized carbons (Fsp3) is 0.222. The molecule has 1 unspecified atom stereocenters. The number of phenols is 1. The molecule has 1 aromatic rings. The van der Waals surface area contributed by atoms with Crippen LogP contribution in [0.5, 0.6) is 5.75 Å². The predicted octanol–water partition coefficient (Wildman–Crippen LogP) is 0.775. The first-order valence-corrected chi connectivity index (χ1v) is 4.36. The number of nitro groups is 1. The zero-order valence-corrected chi connectivity index (χ0v) is 8.16. The van der Waals surface area contributed by atoms with Crippen LogP contribution in [0.1, 0.15) is 18.0 Å². The SMILES string of the molecule is NC(CC(=O)O)c1ccc(O)c([N+](=O)[O-])c1. The Balaban J connectivity index is 3.02. The second-order valence-corrected chi connectivity index (χ2v) is 3.21. The Hall–Kier alpha value is -2.15. The van der Waals surface area contributed by atoms with Crippen LogP contribution in [0.15, 0.2) is 18.2 Å². The molecule has 0 spiro atoms. The van der Waals surface area contributed by atoms with Gasteiger partial charge >= 0.3 is 11.7 Å². The number of hydrogen-bond donors (Lipinski definition) is 3. The largest absolute Gasteiger partial charge is 0.502 e. The maximum absolute atomic E-state index is 10.5. The van der Waals surface area contributed by atoms with Crippen molar-refractivity contribution in [2.75, 3.05) is 0 Å². The second-order valence-electron chi connectivity index (χ2n) is 3.21. The van der Waals surface area contributed by atoms with E-state index in [0.29, 0.717) is 5.56 Å². The highest BCUT2D eigenvalue weighted by atomic mass is 16.6. The van der Waals surface area contributed by atoms with Crippen LogP contribution in [-0.4, -0.2) is 21.1 Å². The van der Waals surface area contributed by atoms with E-state index >= 15 is 0 Å². The number of phenolic OH excluding ortho intramolecular Hbond substituents is 1. The van der Waals surface area contributed by atoms with Crippen molar-refractivity contribution in [2.45, 2.75) is 12.5 Å². The van der Waals surface area contributed by atoms with Crippen LogP contribution >= 0.6 is 0 Å². The summed E-state index contributed by atoms with van der Waals surface area (Å²) in [6.45, 7) is 0. The molecule has 0 saturated heterocycles. The van der Waals surface area contributed by atoms with Gasteiger partial charge in [-0.2, -0.15) is 0 Å². The summed E-state index contributed by atoms with van der Waals surface area (Å²) in [7, 11) is 0. The van der Waals surface area contributed by atoms with Crippen LogP contribution < -0.4 is 5.73 Å². The summed E-state index contributed by atoms with van der Waals surface area (Å²) in [5.74, 6) is -1.57. The first kappa shape index (κ1) is 11.9. The maximum atomic E-state index is 10.5. The molecule has 1 atom stereocenters. The smallest absolute Gasteiger partial charge is 0.311 e. The highest BCUT2D eigenvalue weighted by molar-refractivity contribution is 5.68. The summed E-state index contributed by atoms with van der Waals surface area (Å²) < 4.78 is 0. The zero-order valence-electron chi connectivity index (χ0n) is 8.16. The molecular formula is C9H10N2O5. The lowest BCUT2D eigenvalue weighted by atomic mass is 10.0. The minimum absolute atomic E-state index is 0.298. The number of rotatable bonds is 4. The van der Waals surface area contributed by atoms with Gasteiger partial charge in [-0.3, -0.25) is 14.9 Å². The summed E-state index contributed by atoms with van der Waals surface area (Å²) in [6, 6.07) is 2.71. The molecule has 7 nitrogen and oxygen atoms in total. The number of carbonyl (C=O) groups is 1. The maximum Gasteiger partial charge on any atom is 0.311 e. The minimum Gasteiger partial charge on any atom is -0.502 e. The highest BCUT2D eigenvalue weighted by Crippen LogP contribution is 2.28. The fourth-order valence-corrected chi connectivity index (χ4v) is 1.22. The van der Waals surface area contributed by atoms with Crippen LogP contribution in [0.4, 0.5) is 5.69 Å². The third kappa shape index (κ3) is 2.67. The van der Waals surface area contributed by atoms with Gasteiger partial charge in [-0.05, 0) is 11.6 Å². The highest BCUT2D eigenvalue weighted by Gasteiger charge is 2.17. The summed E-state index contributed by atoms with van der Waals surface area (Å²) >= 11 is 0. The van der Waals surface area contributed by atoms with Gasteiger partial charge < -0.3 is 15.9 Å². The van der Waals surface area contributed by atoms with Crippen molar-refractivity contribution in [3.63, 3.8) is 0 Å². The molecule has 7 heteroatoms. The number of hydrogen-bond acceptors (Lipinski definition) is 5. The molecule has 86 valence electrons. The van der Waals surface area contributed by atoms with Crippen LogP contribution in [0.3, 0.4) is 0 Å². The van der Waals surface area contributed by atoms with E-state index in [1.165, 1.54) is 6.07 Å². The molecule has 16 heavy (non-hydrogen) atoms. The van der Waals surface area contributed by atoms with Gasteiger partial charge in [-0.15, -0.1) is 0 Å². The normalized spacial score (nSPS) is 12.1. The number of nitrogens with two attached hydrogens (primary N) is 1. The molecule has 0 aliphatic carbocycles. The van der Waals surface area contributed by atoms with E-state index in [1.807, 2.05) is 0 Å². The van der Waals surface area contributed by atoms with Gasteiger partial charge in [-0.1, -0.05) is 6.07 Å². The quantitative estimate of drug-likeness (QED) is 0.514. The molecule has 4 N–H and O–H groups in total. The van der Waals surface area contributed by atoms with E-state index in [1.54, 1.807) is 0 Å². The van der Waals surface area contributed by atoms with Crippen molar-refractivity contribution < 1.29 is 19.9 Å². The number of nitro benzene ring substituents is 1. The molecule has 0 aromatic heterocycles. The molecule has 0 heterocycles. The van der Waals surface area contributed by atoms with E-state index < -0.39 is 28.4 Å². The van der Waals surface area contributed by atoms with E-state index in [2.05, 4.69) is 0 Å². The van der Waals surface area contributed by atoms with Crippen molar-refractivity contribution in [3.8, 4) is 5.75 Å². The monoisotopic (exact) mass is 226 g/mol. The van der Waals surface area contributed by atoms with Gasteiger partial charge in [0.1, 0.15) is 0 Å². The minimum atomic E-state index is -1.09. The van der Waals surface area contributed by atoms with Gasteiger partial charge in [0, 0.05) is 12.1 Å². The van der Waals surface area contributed by atoms with Crippen LogP contribution in [0.25, 0.3) is 0 Å². The Morgan fingerprint density at radius 3 is 2.69 bits per heavy atom. The van der Waals surface area contributed by atoms with Gasteiger partial charge in [0.2, 0.25) is 0 Å². The zero-order chi connectivity index (χ0) is 12.3. The molecule has 0 aliphatic heterocycles. The third-order valence-electron chi connectivity index (χ3n) is 2.02. The van der Waals surface area contributed by atoms with Crippen LogP contribution in [-0.2, 0) is 4.79 Å². The van der Waals surface area contributed by atoms with Gasteiger partial charge in [0.15, 0.2) is 5.75 Å². The Morgan fingerprint density at radius 2 is 2.19 bits per heavy atom. The summed E-state index contributed by atoms with van der Waals surface area (Å²) in [4.78, 5) is 20.2. The number of aliphatic carboxylic acids is 1. The van der Waals surface area contributed by atoms with E-state index in [-0.39, 0.29) is 6.42 Å². The molecule has 0 amide bonds. The van der Waals surface area contributed by atoms with Crippen molar-refractivity contribution in [1.29, 1.82) is 0 Å². The molecule has 0 saturated carbocycles. The predicted molar refractivity (Wildman–Crippen MR) is 53.9 cm³/mol. The number of carboxylic acids is 1. The van der Waals surface area contributed by atoms with Crippen LogP contribution in [0.2, 0.25) is 0 Å². The average Bonchev–Trinajstić information content (AvgIpc) is 2.16. The molecular weight excluding hydrogens is 216 g/mol. The lowest BCUT2D eigenvalue weighted by molar-refractivity contribution is -0.385. The standard InChI is InChI=1S/C9H10N2O5/c10-6(4-9(13)14)5-1-2-8(12)7(3-5)11(15)16/h1-3,6,12H,4,10H2,(H,13,14). The fourth-order valence-electron chi connectivity index (χ4n) is 1.22. The molecule has 0 fully saturated rings. The molecule has 0 aliphatic rings. The first-order chi connectivity index (χ1) is 7.41. The summed E-state index contributed by atoms with van der Waals surface area (Å²) in [6.07, 6.45) is -0.331. The molecule has 0 bridgehead atoms. The first-order valence-electron chi connectivity index (χ1n) is 4.36. The van der Waals surface area contributed by atoms with Crippen LogP contribution in [0, 0.1) is 10.1 Å². The Labute approximate surface area is 90.3 Å². The number of aromatic hydroxyl groups is 1. The molecule has 1 aromatic carbocycles. The Kier molecular flexibility index (Phi) is 3.41. The summed E-state index contributed by atoms with van der Waals surface area (Å²) in [5.41, 5.74) is 5.34. The lowest BCUT2D eigenvalue weighted by Crippen LogP contribution is -2.15. The van der Waals surface area contributed by atoms with Crippen molar-refractivity contribution in [3.05, 3.63) is 33.9 Å². The summed E-state index contributed by atoms with van der Waals surface area (Å²) in [5, 5.41) is 28.2. The lowest BCUT2D eigenvalue weighted by Gasteiger charge is -2.09. The molecule has 1 rings (SSSR count). The van der Waals surface area contributed by atoms with Gasteiger partial charge in [-0.25, -0.2) is 0 Å². The molecule has 0 radical (unpaired) electrons. The van der Waals surface area contributed by atoms with E-state index in [9.17, 15) is 20.0 Å². The number of carboxylic acid groups (broad SMARTS) is 1. The Morgan fingerprint density at radius 1 is 1.56 bits per heavy atom. The van der Waals surface area contributed by atoms with Crippen molar-refractivity contribution in [1.82, 2.24) is 0 Å². The van der Waals surface area contributed by atoms with Crippen molar-refractivity contribution >= 4 is 11.7 Å². The third-order valence-corrected chi connectivity index (χ3v) is 2.02.